The Morgan fingerprint density at radius 2 is 1.72 bits per heavy atom. The van der Waals surface area contributed by atoms with Crippen molar-refractivity contribution in [2.45, 2.75) is 44.5 Å². The van der Waals surface area contributed by atoms with Gasteiger partial charge in [-0.3, -0.25) is 9.59 Å². The van der Waals surface area contributed by atoms with Gasteiger partial charge in [0.2, 0.25) is 11.8 Å². The van der Waals surface area contributed by atoms with Crippen LogP contribution in [0.15, 0.2) is 83.3 Å². The molecule has 3 rings (SSSR count). The third kappa shape index (κ3) is 8.99. The molecule has 1 atom stereocenters. The van der Waals surface area contributed by atoms with Gasteiger partial charge in [-0.1, -0.05) is 102 Å². The summed E-state index contributed by atoms with van der Waals surface area (Å²) < 4.78 is 0.938. The Morgan fingerprint density at radius 3 is 2.44 bits per heavy atom. The molecular formula is C29H32BrClN2O2S. The van der Waals surface area contributed by atoms with Gasteiger partial charge >= 0.3 is 0 Å². The van der Waals surface area contributed by atoms with Crippen LogP contribution in [0, 0.1) is 0 Å². The van der Waals surface area contributed by atoms with Crippen molar-refractivity contribution in [2.24, 2.45) is 0 Å². The van der Waals surface area contributed by atoms with E-state index in [4.69, 9.17) is 11.6 Å². The summed E-state index contributed by atoms with van der Waals surface area (Å²) in [6, 6.07) is 24.8. The zero-order valence-electron chi connectivity index (χ0n) is 20.5. The molecule has 0 aliphatic rings. The van der Waals surface area contributed by atoms with Gasteiger partial charge in [0.15, 0.2) is 0 Å². The fourth-order valence-corrected chi connectivity index (χ4v) is 5.48. The maximum absolute atomic E-state index is 13.7. The van der Waals surface area contributed by atoms with Crippen LogP contribution < -0.4 is 5.32 Å². The van der Waals surface area contributed by atoms with Crippen LogP contribution in [0.3, 0.4) is 0 Å². The minimum atomic E-state index is -0.614. The molecule has 0 fully saturated rings. The number of benzene rings is 3. The Labute approximate surface area is 231 Å². The molecular weight excluding hydrogens is 556 g/mol. The second kappa shape index (κ2) is 15.1. The van der Waals surface area contributed by atoms with E-state index in [2.05, 4.69) is 28.2 Å². The lowest BCUT2D eigenvalue weighted by atomic mass is 10.0. The lowest BCUT2D eigenvalue weighted by Gasteiger charge is -2.31. The molecule has 0 radical (unpaired) electrons. The first-order valence-corrected chi connectivity index (χ1v) is 14.5. The molecule has 0 aliphatic heterocycles. The zero-order valence-corrected chi connectivity index (χ0v) is 23.6. The smallest absolute Gasteiger partial charge is 0.243 e. The van der Waals surface area contributed by atoms with Crippen molar-refractivity contribution in [1.29, 1.82) is 0 Å². The molecule has 1 N–H and O–H groups in total. The average Bonchev–Trinajstić information content (AvgIpc) is 2.88. The summed E-state index contributed by atoms with van der Waals surface area (Å²) in [4.78, 5) is 28.8. The predicted octanol–water partition coefficient (Wildman–Crippen LogP) is 6.89. The second-order valence-electron chi connectivity index (χ2n) is 8.59. The van der Waals surface area contributed by atoms with Crippen molar-refractivity contribution in [3.05, 3.63) is 105 Å². The molecule has 190 valence electrons. The van der Waals surface area contributed by atoms with Crippen LogP contribution in [0.5, 0.6) is 0 Å². The number of amides is 2. The van der Waals surface area contributed by atoms with Crippen molar-refractivity contribution in [2.75, 3.05) is 12.3 Å². The van der Waals surface area contributed by atoms with Gasteiger partial charge in [0, 0.05) is 34.8 Å². The van der Waals surface area contributed by atoms with Crippen molar-refractivity contribution in [1.82, 2.24) is 10.2 Å². The van der Waals surface area contributed by atoms with E-state index in [-0.39, 0.29) is 17.6 Å². The Kier molecular flexibility index (Phi) is 11.9. The van der Waals surface area contributed by atoms with E-state index in [1.54, 1.807) is 4.90 Å². The van der Waals surface area contributed by atoms with Crippen molar-refractivity contribution >= 4 is 51.1 Å². The van der Waals surface area contributed by atoms with E-state index in [0.717, 1.165) is 34.0 Å². The molecule has 7 heteroatoms. The molecule has 0 aliphatic carbocycles. The number of hydrogen-bond donors (Lipinski definition) is 1. The fraction of sp³-hybridized carbons (Fsp3) is 0.310. The third-order valence-corrected chi connectivity index (χ3v) is 7.61. The van der Waals surface area contributed by atoms with E-state index in [9.17, 15) is 9.59 Å². The average molecular weight is 588 g/mol. The molecule has 0 spiro atoms. The van der Waals surface area contributed by atoms with E-state index in [0.29, 0.717) is 30.3 Å². The van der Waals surface area contributed by atoms with E-state index in [1.165, 1.54) is 11.8 Å². The van der Waals surface area contributed by atoms with Gasteiger partial charge in [0.1, 0.15) is 6.04 Å². The lowest BCUT2D eigenvalue weighted by Crippen LogP contribution is -2.51. The maximum atomic E-state index is 13.7. The lowest BCUT2D eigenvalue weighted by molar-refractivity contribution is -0.139. The standard InChI is InChI=1S/C29H32BrClN2O2S/c1-2-3-16-32-29(35)27(18-22-10-5-4-6-11-22)33(19-23-12-9-14-25(30)17-23)28(34)21-36-20-24-13-7-8-15-26(24)31/h4-15,17,27H,2-3,16,18-21H2,1H3,(H,32,35)/t27-/m0/s1. The number of hydrogen-bond acceptors (Lipinski definition) is 3. The number of unbranched alkanes of at least 4 members (excludes halogenated alkanes) is 1. The maximum Gasteiger partial charge on any atom is 0.243 e. The van der Waals surface area contributed by atoms with Crippen molar-refractivity contribution in [3.8, 4) is 0 Å². The normalized spacial score (nSPS) is 11.6. The van der Waals surface area contributed by atoms with Gasteiger partial charge in [-0.15, -0.1) is 11.8 Å². The van der Waals surface area contributed by atoms with E-state index < -0.39 is 6.04 Å². The summed E-state index contributed by atoms with van der Waals surface area (Å²) in [6.07, 6.45) is 2.34. The summed E-state index contributed by atoms with van der Waals surface area (Å²) in [5.41, 5.74) is 2.98. The topological polar surface area (TPSA) is 49.4 Å². The first-order valence-electron chi connectivity index (χ1n) is 12.1. The number of rotatable bonds is 13. The minimum Gasteiger partial charge on any atom is -0.354 e. The quantitative estimate of drug-likeness (QED) is 0.222. The largest absolute Gasteiger partial charge is 0.354 e. The molecule has 3 aromatic carbocycles. The number of nitrogens with one attached hydrogen (secondary N) is 1. The summed E-state index contributed by atoms with van der Waals surface area (Å²) in [5, 5.41) is 3.75. The Hall–Kier alpha value is -2.28. The minimum absolute atomic E-state index is 0.0707. The highest BCUT2D eigenvalue weighted by Crippen LogP contribution is 2.23. The fourth-order valence-electron chi connectivity index (χ4n) is 3.84. The molecule has 2 amide bonds. The van der Waals surface area contributed by atoms with Gasteiger partial charge in [-0.25, -0.2) is 0 Å². The van der Waals surface area contributed by atoms with Crippen LogP contribution in [-0.4, -0.2) is 35.1 Å². The molecule has 0 heterocycles. The molecule has 0 saturated heterocycles. The first kappa shape index (κ1) is 28.3. The van der Waals surface area contributed by atoms with Gasteiger partial charge in [-0.2, -0.15) is 0 Å². The van der Waals surface area contributed by atoms with Crippen LogP contribution in [0.2, 0.25) is 5.02 Å². The second-order valence-corrected chi connectivity index (χ2v) is 10.9. The number of carbonyl (C=O) groups is 2. The molecule has 0 unspecified atom stereocenters. The van der Waals surface area contributed by atoms with Crippen LogP contribution in [0.1, 0.15) is 36.5 Å². The summed E-state index contributed by atoms with van der Waals surface area (Å²) >= 11 is 11.3. The Balaban J connectivity index is 1.84. The summed E-state index contributed by atoms with van der Waals surface area (Å²) in [5.74, 6) is 0.694. The summed E-state index contributed by atoms with van der Waals surface area (Å²) in [6.45, 7) is 3.04. The predicted molar refractivity (Wildman–Crippen MR) is 154 cm³/mol. The van der Waals surface area contributed by atoms with Crippen molar-refractivity contribution < 1.29 is 9.59 Å². The van der Waals surface area contributed by atoms with Crippen LogP contribution >= 0.6 is 39.3 Å². The molecule has 0 aromatic heterocycles. The molecule has 4 nitrogen and oxygen atoms in total. The molecule has 0 saturated carbocycles. The number of halogens is 2. The monoisotopic (exact) mass is 586 g/mol. The van der Waals surface area contributed by atoms with E-state index >= 15 is 0 Å². The van der Waals surface area contributed by atoms with Gasteiger partial charge in [0.25, 0.3) is 0 Å². The Morgan fingerprint density at radius 1 is 1.00 bits per heavy atom. The summed E-state index contributed by atoms with van der Waals surface area (Å²) in [7, 11) is 0. The molecule has 36 heavy (non-hydrogen) atoms. The first-order chi connectivity index (χ1) is 17.5. The highest BCUT2D eigenvalue weighted by atomic mass is 79.9. The van der Waals surface area contributed by atoms with Crippen LogP contribution in [-0.2, 0) is 28.3 Å². The Bertz CT molecular complexity index is 1130. The van der Waals surface area contributed by atoms with Crippen LogP contribution in [0.4, 0.5) is 0 Å². The number of carbonyl (C=O) groups excluding carboxylic acids is 2. The van der Waals surface area contributed by atoms with Gasteiger partial charge in [-0.05, 0) is 41.3 Å². The highest BCUT2D eigenvalue weighted by Gasteiger charge is 2.30. The number of thioether (sulfide) groups is 1. The molecule has 0 bridgehead atoms. The molecule has 3 aromatic rings. The highest BCUT2D eigenvalue weighted by molar-refractivity contribution is 9.10. The van der Waals surface area contributed by atoms with Crippen LogP contribution in [0.25, 0.3) is 0 Å². The zero-order chi connectivity index (χ0) is 25.8. The van der Waals surface area contributed by atoms with Gasteiger partial charge in [0.05, 0.1) is 5.75 Å². The number of nitrogens with zero attached hydrogens (tertiary/aromatic N) is 1. The van der Waals surface area contributed by atoms with Crippen molar-refractivity contribution in [3.63, 3.8) is 0 Å². The van der Waals surface area contributed by atoms with Gasteiger partial charge < -0.3 is 10.2 Å². The van der Waals surface area contributed by atoms with E-state index in [1.807, 2.05) is 78.9 Å². The third-order valence-electron chi connectivity index (χ3n) is 5.78. The SMILES string of the molecule is CCCCNC(=O)[C@H](Cc1ccccc1)N(Cc1cccc(Br)c1)C(=O)CSCc1ccccc1Cl.